The predicted octanol–water partition coefficient (Wildman–Crippen LogP) is 3.79. The summed E-state index contributed by atoms with van der Waals surface area (Å²) >= 11 is 0. The molecule has 1 heterocycles. The molecule has 3 heteroatoms. The van der Waals surface area contributed by atoms with Crippen LogP contribution in [-0.4, -0.2) is 6.61 Å². The van der Waals surface area contributed by atoms with Crippen molar-refractivity contribution < 1.29 is 9.13 Å². The zero-order valence-electron chi connectivity index (χ0n) is 11.2. The monoisotopic (exact) mass is 267 g/mol. The summed E-state index contributed by atoms with van der Waals surface area (Å²) in [5, 5.41) is 8.96. The standard InChI is InChI=1S/C17H14FNO/c1-2-17(13-4-6-14(18)7-5-13)11-20-16-9-12(10-19)3-8-15(16)17/h3-9H,2,11H2,1H3. The molecule has 0 bridgehead atoms. The van der Waals surface area contributed by atoms with Crippen molar-refractivity contribution in [3.63, 3.8) is 0 Å². The van der Waals surface area contributed by atoms with E-state index in [1.165, 1.54) is 12.1 Å². The Balaban J connectivity index is 2.14. The summed E-state index contributed by atoms with van der Waals surface area (Å²) in [7, 11) is 0. The maximum atomic E-state index is 13.1. The van der Waals surface area contributed by atoms with Gasteiger partial charge >= 0.3 is 0 Å². The Labute approximate surface area is 117 Å². The molecule has 0 aliphatic carbocycles. The lowest BCUT2D eigenvalue weighted by Crippen LogP contribution is -2.28. The fraction of sp³-hybridized carbons (Fsp3) is 0.235. The van der Waals surface area contributed by atoms with Crippen molar-refractivity contribution in [3.8, 4) is 11.8 Å². The summed E-state index contributed by atoms with van der Waals surface area (Å²) in [6.07, 6.45) is 0.859. The summed E-state index contributed by atoms with van der Waals surface area (Å²) in [5.41, 5.74) is 2.46. The average Bonchev–Trinajstić information content (AvgIpc) is 2.87. The zero-order chi connectivity index (χ0) is 14.2. The molecule has 1 unspecified atom stereocenters. The molecule has 20 heavy (non-hydrogen) atoms. The molecule has 0 aromatic heterocycles. The number of rotatable bonds is 2. The molecular formula is C17H14FNO. The first kappa shape index (κ1) is 12.7. The largest absolute Gasteiger partial charge is 0.492 e. The van der Waals surface area contributed by atoms with Crippen molar-refractivity contribution in [1.29, 1.82) is 5.26 Å². The van der Waals surface area contributed by atoms with Crippen LogP contribution >= 0.6 is 0 Å². The molecule has 2 aromatic carbocycles. The van der Waals surface area contributed by atoms with E-state index in [-0.39, 0.29) is 11.2 Å². The van der Waals surface area contributed by atoms with Crippen LogP contribution in [-0.2, 0) is 5.41 Å². The minimum atomic E-state index is -0.253. The summed E-state index contributed by atoms with van der Waals surface area (Å²) in [6, 6.07) is 14.2. The molecule has 0 radical (unpaired) electrons. The van der Waals surface area contributed by atoms with Crippen LogP contribution in [0.3, 0.4) is 0 Å². The van der Waals surface area contributed by atoms with E-state index in [2.05, 4.69) is 13.0 Å². The van der Waals surface area contributed by atoms with Crippen molar-refractivity contribution in [2.24, 2.45) is 0 Å². The van der Waals surface area contributed by atoms with Crippen LogP contribution < -0.4 is 4.74 Å². The number of halogens is 1. The predicted molar refractivity (Wildman–Crippen MR) is 74.1 cm³/mol. The van der Waals surface area contributed by atoms with Gasteiger partial charge in [0.25, 0.3) is 0 Å². The summed E-state index contributed by atoms with van der Waals surface area (Å²) in [6.45, 7) is 2.62. The average molecular weight is 267 g/mol. The van der Waals surface area contributed by atoms with Crippen LogP contribution in [0, 0.1) is 17.1 Å². The number of benzene rings is 2. The van der Waals surface area contributed by atoms with Crippen molar-refractivity contribution in [3.05, 3.63) is 65.0 Å². The second-order valence-corrected chi connectivity index (χ2v) is 5.05. The number of hydrogen-bond acceptors (Lipinski definition) is 2. The van der Waals surface area contributed by atoms with Gasteiger partial charge in [-0.05, 0) is 36.2 Å². The van der Waals surface area contributed by atoms with Crippen LogP contribution in [0.5, 0.6) is 5.75 Å². The molecule has 2 nitrogen and oxygen atoms in total. The van der Waals surface area contributed by atoms with E-state index < -0.39 is 0 Å². The first-order valence-electron chi connectivity index (χ1n) is 6.63. The van der Waals surface area contributed by atoms with Crippen LogP contribution in [0.25, 0.3) is 0 Å². The quantitative estimate of drug-likeness (QED) is 0.829. The Morgan fingerprint density at radius 3 is 2.65 bits per heavy atom. The second-order valence-electron chi connectivity index (χ2n) is 5.05. The summed E-state index contributed by atoms with van der Waals surface area (Å²) < 4.78 is 18.9. The molecule has 1 atom stereocenters. The van der Waals surface area contributed by atoms with Crippen molar-refractivity contribution >= 4 is 0 Å². The molecule has 100 valence electrons. The molecule has 0 amide bonds. The van der Waals surface area contributed by atoms with Gasteiger partial charge in [0.05, 0.1) is 17.0 Å². The molecule has 0 saturated heterocycles. The molecule has 0 spiro atoms. The fourth-order valence-corrected chi connectivity index (χ4v) is 2.89. The topological polar surface area (TPSA) is 33.0 Å². The van der Waals surface area contributed by atoms with Gasteiger partial charge < -0.3 is 4.74 Å². The Morgan fingerprint density at radius 2 is 2.00 bits per heavy atom. The Hall–Kier alpha value is -2.34. The number of fused-ring (bicyclic) bond motifs is 1. The van der Waals surface area contributed by atoms with E-state index >= 15 is 0 Å². The lowest BCUT2D eigenvalue weighted by atomic mass is 9.74. The zero-order valence-corrected chi connectivity index (χ0v) is 11.2. The van der Waals surface area contributed by atoms with E-state index in [9.17, 15) is 4.39 Å². The SMILES string of the molecule is CCC1(c2ccc(F)cc2)COc2cc(C#N)ccc21. The highest BCUT2D eigenvalue weighted by molar-refractivity contribution is 5.53. The minimum Gasteiger partial charge on any atom is -0.492 e. The van der Waals surface area contributed by atoms with Crippen LogP contribution in [0.1, 0.15) is 30.0 Å². The number of nitrogens with zero attached hydrogens (tertiary/aromatic N) is 1. The number of nitriles is 1. The van der Waals surface area contributed by atoms with Gasteiger partial charge in [-0.1, -0.05) is 25.1 Å². The highest BCUT2D eigenvalue weighted by Crippen LogP contribution is 2.45. The normalized spacial score (nSPS) is 20.1. The van der Waals surface area contributed by atoms with Crippen LogP contribution in [0.15, 0.2) is 42.5 Å². The second kappa shape index (κ2) is 4.64. The van der Waals surface area contributed by atoms with Crippen LogP contribution in [0.4, 0.5) is 4.39 Å². The van der Waals surface area contributed by atoms with Crippen molar-refractivity contribution in [2.75, 3.05) is 6.61 Å². The summed E-state index contributed by atoms with van der Waals surface area (Å²) in [4.78, 5) is 0. The Bertz CT molecular complexity index is 687. The third kappa shape index (κ3) is 1.77. The molecule has 1 aliphatic heterocycles. The first-order chi connectivity index (χ1) is 9.69. The molecular weight excluding hydrogens is 253 g/mol. The van der Waals surface area contributed by atoms with Gasteiger partial charge in [0.1, 0.15) is 18.2 Å². The lowest BCUT2D eigenvalue weighted by molar-refractivity contribution is 0.287. The summed E-state index contributed by atoms with van der Waals surface area (Å²) in [5.74, 6) is 0.522. The van der Waals surface area contributed by atoms with Crippen LogP contribution in [0.2, 0.25) is 0 Å². The van der Waals surface area contributed by atoms with Gasteiger partial charge in [0.15, 0.2) is 0 Å². The first-order valence-corrected chi connectivity index (χ1v) is 6.63. The smallest absolute Gasteiger partial charge is 0.124 e. The van der Waals surface area contributed by atoms with Gasteiger partial charge in [0.2, 0.25) is 0 Å². The highest BCUT2D eigenvalue weighted by Gasteiger charge is 2.40. The van der Waals surface area contributed by atoms with Crippen molar-refractivity contribution in [1.82, 2.24) is 0 Å². The third-order valence-corrected chi connectivity index (χ3v) is 4.10. The Morgan fingerprint density at radius 1 is 1.25 bits per heavy atom. The number of ether oxygens (including phenoxy) is 1. The third-order valence-electron chi connectivity index (χ3n) is 4.10. The fourth-order valence-electron chi connectivity index (χ4n) is 2.89. The number of hydrogen-bond donors (Lipinski definition) is 0. The van der Waals surface area contributed by atoms with E-state index in [4.69, 9.17) is 10.00 Å². The van der Waals surface area contributed by atoms with E-state index in [0.29, 0.717) is 12.2 Å². The van der Waals surface area contributed by atoms with E-state index in [1.807, 2.05) is 18.2 Å². The van der Waals surface area contributed by atoms with Gasteiger partial charge in [0, 0.05) is 5.56 Å². The van der Waals surface area contributed by atoms with Gasteiger partial charge in [-0.2, -0.15) is 5.26 Å². The van der Waals surface area contributed by atoms with Gasteiger partial charge in [-0.3, -0.25) is 0 Å². The van der Waals surface area contributed by atoms with Gasteiger partial charge in [-0.25, -0.2) is 4.39 Å². The highest BCUT2D eigenvalue weighted by atomic mass is 19.1. The van der Waals surface area contributed by atoms with E-state index in [0.717, 1.165) is 23.3 Å². The minimum absolute atomic E-state index is 0.237. The molecule has 3 rings (SSSR count). The molecule has 0 N–H and O–H groups in total. The molecule has 0 fully saturated rings. The van der Waals surface area contributed by atoms with E-state index in [1.54, 1.807) is 12.1 Å². The lowest BCUT2D eigenvalue weighted by Gasteiger charge is -2.27. The Kier molecular flexibility index (Phi) is 2.94. The molecule has 0 saturated carbocycles. The van der Waals surface area contributed by atoms with Crippen molar-refractivity contribution in [2.45, 2.75) is 18.8 Å². The molecule has 1 aliphatic rings. The maximum Gasteiger partial charge on any atom is 0.124 e. The maximum absolute atomic E-state index is 13.1. The van der Waals surface area contributed by atoms with Gasteiger partial charge in [-0.15, -0.1) is 0 Å². The molecule has 2 aromatic rings.